The summed E-state index contributed by atoms with van der Waals surface area (Å²) in [4.78, 5) is 14.2. The SMILES string of the molecule is CCCN(CC(N)=NO)C(=O)C1COc2ccccc2C1. The van der Waals surface area contributed by atoms with Gasteiger partial charge in [-0.25, -0.2) is 0 Å². The zero-order valence-corrected chi connectivity index (χ0v) is 12.2. The fourth-order valence-electron chi connectivity index (χ4n) is 2.51. The van der Waals surface area contributed by atoms with Gasteiger partial charge in [0.2, 0.25) is 5.91 Å². The third-order valence-electron chi connectivity index (χ3n) is 3.51. The lowest BCUT2D eigenvalue weighted by molar-refractivity contribution is -0.136. The van der Waals surface area contributed by atoms with E-state index in [9.17, 15) is 4.79 Å². The highest BCUT2D eigenvalue weighted by Crippen LogP contribution is 2.27. The van der Waals surface area contributed by atoms with Crippen molar-refractivity contribution in [2.75, 3.05) is 19.7 Å². The van der Waals surface area contributed by atoms with Crippen molar-refractivity contribution >= 4 is 11.7 Å². The van der Waals surface area contributed by atoms with E-state index in [1.54, 1.807) is 4.90 Å². The number of ether oxygens (including phenoxy) is 1. The predicted molar refractivity (Wildman–Crippen MR) is 79.4 cm³/mol. The molecule has 3 N–H and O–H groups in total. The number of nitrogens with two attached hydrogens (primary N) is 1. The van der Waals surface area contributed by atoms with Crippen molar-refractivity contribution in [2.45, 2.75) is 19.8 Å². The van der Waals surface area contributed by atoms with Crippen LogP contribution < -0.4 is 10.5 Å². The van der Waals surface area contributed by atoms with Crippen LogP contribution in [-0.4, -0.2) is 41.5 Å². The maximum atomic E-state index is 12.6. The van der Waals surface area contributed by atoms with Gasteiger partial charge in [0.25, 0.3) is 0 Å². The molecular formula is C15H21N3O3. The summed E-state index contributed by atoms with van der Waals surface area (Å²) in [6, 6.07) is 7.75. The Bertz CT molecular complexity index is 531. The van der Waals surface area contributed by atoms with Crippen LogP contribution >= 0.6 is 0 Å². The first-order valence-corrected chi connectivity index (χ1v) is 7.11. The quantitative estimate of drug-likeness (QED) is 0.369. The van der Waals surface area contributed by atoms with Crippen LogP contribution in [0, 0.1) is 5.92 Å². The molecule has 21 heavy (non-hydrogen) atoms. The number of carbonyl (C=O) groups excluding carboxylic acids is 1. The van der Waals surface area contributed by atoms with E-state index in [-0.39, 0.29) is 24.2 Å². The highest BCUT2D eigenvalue weighted by molar-refractivity contribution is 5.88. The molecule has 0 aromatic heterocycles. The van der Waals surface area contributed by atoms with Crippen LogP contribution in [0.1, 0.15) is 18.9 Å². The molecule has 1 heterocycles. The molecule has 1 amide bonds. The smallest absolute Gasteiger partial charge is 0.229 e. The van der Waals surface area contributed by atoms with Gasteiger partial charge in [-0.15, -0.1) is 0 Å². The molecule has 6 nitrogen and oxygen atoms in total. The second-order valence-corrected chi connectivity index (χ2v) is 5.17. The largest absolute Gasteiger partial charge is 0.492 e. The number of carbonyl (C=O) groups is 1. The van der Waals surface area contributed by atoms with Crippen molar-refractivity contribution < 1.29 is 14.7 Å². The lowest BCUT2D eigenvalue weighted by Crippen LogP contribution is -2.45. The van der Waals surface area contributed by atoms with Crippen LogP contribution in [0.5, 0.6) is 5.75 Å². The number of amidine groups is 1. The first kappa shape index (κ1) is 15.2. The Kier molecular flexibility index (Phi) is 5.03. The number of rotatable bonds is 5. The van der Waals surface area contributed by atoms with E-state index in [0.29, 0.717) is 19.6 Å². The average molecular weight is 291 g/mol. The van der Waals surface area contributed by atoms with E-state index < -0.39 is 0 Å². The first-order chi connectivity index (χ1) is 10.2. The number of amides is 1. The standard InChI is InChI=1S/C15H21N3O3/c1-2-7-18(9-14(16)17-20)15(19)12-8-11-5-3-4-6-13(11)21-10-12/h3-6,12,20H,2,7-10H2,1H3,(H2,16,17). The van der Waals surface area contributed by atoms with E-state index in [1.807, 2.05) is 31.2 Å². The van der Waals surface area contributed by atoms with Gasteiger partial charge in [-0.3, -0.25) is 4.79 Å². The molecule has 2 rings (SSSR count). The number of hydrogen-bond acceptors (Lipinski definition) is 4. The highest BCUT2D eigenvalue weighted by Gasteiger charge is 2.29. The highest BCUT2D eigenvalue weighted by atomic mass is 16.5. The third kappa shape index (κ3) is 3.65. The number of nitrogens with zero attached hydrogens (tertiary/aromatic N) is 2. The second kappa shape index (κ2) is 6.97. The molecule has 0 aliphatic carbocycles. The molecule has 1 aromatic rings. The lowest BCUT2D eigenvalue weighted by atomic mass is 9.95. The molecule has 1 aliphatic heterocycles. The van der Waals surface area contributed by atoms with Gasteiger partial charge in [-0.2, -0.15) is 0 Å². The average Bonchev–Trinajstić information content (AvgIpc) is 2.53. The van der Waals surface area contributed by atoms with Crippen molar-refractivity contribution in [3.63, 3.8) is 0 Å². The monoisotopic (exact) mass is 291 g/mol. The normalized spacial score (nSPS) is 17.8. The van der Waals surface area contributed by atoms with Gasteiger partial charge in [-0.1, -0.05) is 30.3 Å². The number of oxime groups is 1. The second-order valence-electron chi connectivity index (χ2n) is 5.17. The maximum Gasteiger partial charge on any atom is 0.229 e. The summed E-state index contributed by atoms with van der Waals surface area (Å²) in [6.45, 7) is 3.07. The zero-order chi connectivity index (χ0) is 15.2. The van der Waals surface area contributed by atoms with Crippen LogP contribution in [0.4, 0.5) is 0 Å². The molecule has 1 aromatic carbocycles. The summed E-state index contributed by atoms with van der Waals surface area (Å²) in [5.74, 6) is 0.643. The fourth-order valence-corrected chi connectivity index (χ4v) is 2.51. The van der Waals surface area contributed by atoms with Gasteiger partial charge in [-0.05, 0) is 24.5 Å². The summed E-state index contributed by atoms with van der Waals surface area (Å²) in [5, 5.41) is 11.6. The van der Waals surface area contributed by atoms with Crippen LogP contribution in [0.2, 0.25) is 0 Å². The Morgan fingerprint density at radius 1 is 1.52 bits per heavy atom. The predicted octanol–water partition coefficient (Wildman–Crippen LogP) is 1.22. The number of para-hydroxylation sites is 1. The molecule has 0 fully saturated rings. The molecule has 6 heteroatoms. The molecule has 114 valence electrons. The Balaban J connectivity index is 2.08. The first-order valence-electron chi connectivity index (χ1n) is 7.11. The molecule has 0 radical (unpaired) electrons. The van der Waals surface area contributed by atoms with Gasteiger partial charge in [0.1, 0.15) is 12.4 Å². The maximum absolute atomic E-state index is 12.6. The summed E-state index contributed by atoms with van der Waals surface area (Å²) in [7, 11) is 0. The molecule has 1 atom stereocenters. The van der Waals surface area contributed by atoms with E-state index in [2.05, 4.69) is 5.16 Å². The zero-order valence-electron chi connectivity index (χ0n) is 12.2. The summed E-state index contributed by atoms with van der Waals surface area (Å²) in [6.07, 6.45) is 1.47. The minimum Gasteiger partial charge on any atom is -0.492 e. The molecule has 1 aliphatic rings. The van der Waals surface area contributed by atoms with Crippen molar-refractivity contribution in [3.8, 4) is 5.75 Å². The fraction of sp³-hybridized carbons (Fsp3) is 0.467. The number of fused-ring (bicyclic) bond motifs is 1. The van der Waals surface area contributed by atoms with Crippen molar-refractivity contribution in [1.82, 2.24) is 4.90 Å². The van der Waals surface area contributed by atoms with Crippen molar-refractivity contribution in [1.29, 1.82) is 0 Å². The van der Waals surface area contributed by atoms with Crippen LogP contribution in [0.25, 0.3) is 0 Å². The minimum atomic E-state index is -0.224. The van der Waals surface area contributed by atoms with E-state index >= 15 is 0 Å². The molecule has 0 saturated heterocycles. The Morgan fingerprint density at radius 3 is 3.00 bits per heavy atom. The molecule has 0 saturated carbocycles. The number of hydrogen-bond donors (Lipinski definition) is 2. The molecule has 1 unspecified atom stereocenters. The van der Waals surface area contributed by atoms with Gasteiger partial charge in [0.05, 0.1) is 12.5 Å². The summed E-state index contributed by atoms with van der Waals surface area (Å²) in [5.41, 5.74) is 6.57. The van der Waals surface area contributed by atoms with E-state index in [0.717, 1.165) is 17.7 Å². The Labute approximate surface area is 124 Å². The topological polar surface area (TPSA) is 88.1 Å². The molecular weight excluding hydrogens is 270 g/mol. The van der Waals surface area contributed by atoms with Gasteiger partial charge >= 0.3 is 0 Å². The summed E-state index contributed by atoms with van der Waals surface area (Å²) >= 11 is 0. The van der Waals surface area contributed by atoms with Crippen molar-refractivity contribution in [2.24, 2.45) is 16.8 Å². The van der Waals surface area contributed by atoms with Crippen LogP contribution in [-0.2, 0) is 11.2 Å². The Morgan fingerprint density at radius 2 is 2.29 bits per heavy atom. The lowest BCUT2D eigenvalue weighted by Gasteiger charge is -2.30. The third-order valence-corrected chi connectivity index (χ3v) is 3.51. The van der Waals surface area contributed by atoms with E-state index in [1.165, 1.54) is 0 Å². The molecule has 0 bridgehead atoms. The van der Waals surface area contributed by atoms with Gasteiger partial charge in [0.15, 0.2) is 5.84 Å². The Hall–Kier alpha value is -2.24. The van der Waals surface area contributed by atoms with Crippen molar-refractivity contribution in [3.05, 3.63) is 29.8 Å². The van der Waals surface area contributed by atoms with Gasteiger partial charge in [0, 0.05) is 6.54 Å². The van der Waals surface area contributed by atoms with E-state index in [4.69, 9.17) is 15.7 Å². The van der Waals surface area contributed by atoms with Crippen LogP contribution in [0.3, 0.4) is 0 Å². The number of benzene rings is 1. The summed E-state index contributed by atoms with van der Waals surface area (Å²) < 4.78 is 5.66. The van der Waals surface area contributed by atoms with Gasteiger partial charge < -0.3 is 20.6 Å². The van der Waals surface area contributed by atoms with Crippen LogP contribution in [0.15, 0.2) is 29.4 Å². The minimum absolute atomic E-state index is 0.0158. The molecule has 0 spiro atoms.